The van der Waals surface area contributed by atoms with Gasteiger partial charge in [0, 0.05) is 32.2 Å². The lowest BCUT2D eigenvalue weighted by Crippen LogP contribution is -2.53. The molecule has 8 nitrogen and oxygen atoms in total. The Morgan fingerprint density at radius 2 is 2.16 bits per heavy atom. The first-order chi connectivity index (χ1) is 14.8. The van der Waals surface area contributed by atoms with Crippen LogP contribution in [-0.4, -0.2) is 57.7 Å². The normalized spacial score (nSPS) is 24.4. The summed E-state index contributed by atoms with van der Waals surface area (Å²) in [4.78, 5) is 42.5. The first kappa shape index (κ1) is 20.9. The number of non-ortho nitro benzene ring substituents is 1. The van der Waals surface area contributed by atoms with Crippen LogP contribution in [0, 0.1) is 10.1 Å². The third-order valence-corrected chi connectivity index (χ3v) is 6.49. The molecular formula is C22H23FN4O4. The largest absolute Gasteiger partial charge is 0.361 e. The van der Waals surface area contributed by atoms with E-state index in [9.17, 15) is 24.1 Å². The van der Waals surface area contributed by atoms with Gasteiger partial charge in [0.25, 0.3) is 5.69 Å². The molecule has 31 heavy (non-hydrogen) atoms. The molecule has 2 heterocycles. The smallest absolute Gasteiger partial charge is 0.279 e. The number of aromatic nitrogens is 1. The van der Waals surface area contributed by atoms with Gasteiger partial charge in [0.2, 0.25) is 5.91 Å². The molecule has 1 aromatic carbocycles. The SMILES string of the molecule is CN1C(=O)C(Cc2c[nH]c3cccc([N+](=O)[O-])c23)N(C)C1(C=O)CC1=C(F)CCC=C1. The highest BCUT2D eigenvalue weighted by atomic mass is 19.1. The van der Waals surface area contributed by atoms with Gasteiger partial charge in [-0.1, -0.05) is 18.2 Å². The quantitative estimate of drug-likeness (QED) is 0.434. The molecule has 1 amide bonds. The summed E-state index contributed by atoms with van der Waals surface area (Å²) in [5.41, 5.74) is 0.260. The molecule has 2 aliphatic rings. The Balaban J connectivity index is 1.70. The number of nitrogens with one attached hydrogen (secondary N) is 1. The van der Waals surface area contributed by atoms with E-state index in [1.165, 1.54) is 18.0 Å². The minimum Gasteiger partial charge on any atom is -0.361 e. The van der Waals surface area contributed by atoms with Crippen molar-refractivity contribution < 1.29 is 18.9 Å². The van der Waals surface area contributed by atoms with Crippen LogP contribution in [0.25, 0.3) is 10.9 Å². The van der Waals surface area contributed by atoms with E-state index in [4.69, 9.17) is 0 Å². The van der Waals surface area contributed by atoms with Gasteiger partial charge in [0.05, 0.1) is 21.9 Å². The number of amides is 1. The van der Waals surface area contributed by atoms with Crippen molar-refractivity contribution >= 4 is 28.8 Å². The number of likely N-dealkylation sites (N-methyl/N-ethyl adjacent to an activating group) is 2. The van der Waals surface area contributed by atoms with Gasteiger partial charge in [0.15, 0.2) is 11.9 Å². The number of hydrogen-bond donors (Lipinski definition) is 1. The highest BCUT2D eigenvalue weighted by Gasteiger charge is 2.54. The lowest BCUT2D eigenvalue weighted by molar-refractivity contribution is -0.383. The number of rotatable bonds is 6. The number of nitrogens with zero attached hydrogens (tertiary/aromatic N) is 3. The van der Waals surface area contributed by atoms with Crippen molar-refractivity contribution in [1.82, 2.24) is 14.8 Å². The number of hydrogen-bond acceptors (Lipinski definition) is 5. The van der Waals surface area contributed by atoms with E-state index in [2.05, 4.69) is 4.98 Å². The van der Waals surface area contributed by atoms with Gasteiger partial charge in [0.1, 0.15) is 5.83 Å². The summed E-state index contributed by atoms with van der Waals surface area (Å²) in [5, 5.41) is 11.9. The van der Waals surface area contributed by atoms with E-state index >= 15 is 0 Å². The van der Waals surface area contributed by atoms with Gasteiger partial charge in [-0.2, -0.15) is 0 Å². The predicted molar refractivity (Wildman–Crippen MR) is 113 cm³/mol. The molecule has 1 fully saturated rings. The minimum absolute atomic E-state index is 0.0438. The molecule has 1 aliphatic heterocycles. The summed E-state index contributed by atoms with van der Waals surface area (Å²) in [7, 11) is 3.20. The zero-order chi connectivity index (χ0) is 22.3. The molecule has 0 bridgehead atoms. The molecule has 0 saturated carbocycles. The van der Waals surface area contributed by atoms with Crippen LogP contribution in [0.2, 0.25) is 0 Å². The highest BCUT2D eigenvalue weighted by molar-refractivity contribution is 5.94. The number of allylic oxidation sites excluding steroid dienone is 3. The highest BCUT2D eigenvalue weighted by Crippen LogP contribution is 2.38. The van der Waals surface area contributed by atoms with Crippen LogP contribution in [0.5, 0.6) is 0 Å². The number of halogens is 1. The second-order valence-electron chi connectivity index (χ2n) is 8.04. The Labute approximate surface area is 178 Å². The van der Waals surface area contributed by atoms with Crippen LogP contribution in [-0.2, 0) is 16.0 Å². The first-order valence-electron chi connectivity index (χ1n) is 10.0. The molecule has 1 aromatic heterocycles. The maximum Gasteiger partial charge on any atom is 0.279 e. The summed E-state index contributed by atoms with van der Waals surface area (Å²) < 4.78 is 14.4. The van der Waals surface area contributed by atoms with Crippen molar-refractivity contribution in [2.45, 2.75) is 37.4 Å². The third kappa shape index (κ3) is 3.25. The molecular weight excluding hydrogens is 403 g/mol. The van der Waals surface area contributed by atoms with Crippen LogP contribution in [0.15, 0.2) is 47.9 Å². The van der Waals surface area contributed by atoms with Crippen molar-refractivity contribution in [1.29, 1.82) is 0 Å². The number of aldehydes is 1. The predicted octanol–water partition coefficient (Wildman–Crippen LogP) is 3.25. The molecule has 1 saturated heterocycles. The van der Waals surface area contributed by atoms with Gasteiger partial charge in [-0.25, -0.2) is 4.39 Å². The van der Waals surface area contributed by atoms with E-state index in [1.807, 2.05) is 6.08 Å². The van der Waals surface area contributed by atoms with Gasteiger partial charge < -0.3 is 9.88 Å². The number of fused-ring (bicyclic) bond motifs is 1. The van der Waals surface area contributed by atoms with Crippen molar-refractivity contribution in [3.05, 3.63) is 63.6 Å². The van der Waals surface area contributed by atoms with Crippen LogP contribution < -0.4 is 0 Å². The summed E-state index contributed by atoms with van der Waals surface area (Å²) in [5.74, 6) is -0.558. The standard InChI is InChI=1S/C22H23FN4O4/c1-25-19(10-15-12-24-17-8-5-9-18(20(15)17)27(30)31)21(29)26(2)22(25,13-28)11-14-6-3-4-7-16(14)23/h3,5-6,8-9,12-13,19,24H,4,7,10-11H2,1-2H3. The van der Waals surface area contributed by atoms with Gasteiger partial charge >= 0.3 is 0 Å². The van der Waals surface area contributed by atoms with Crippen LogP contribution in [0.3, 0.4) is 0 Å². The third-order valence-electron chi connectivity index (χ3n) is 6.49. The van der Waals surface area contributed by atoms with Gasteiger partial charge in [-0.05, 0) is 37.1 Å². The number of nitro groups is 1. The fourth-order valence-corrected chi connectivity index (χ4v) is 4.64. The number of carbonyl (C=O) groups excluding carboxylic acids is 2. The summed E-state index contributed by atoms with van der Waals surface area (Å²) >= 11 is 0. The van der Waals surface area contributed by atoms with Crippen molar-refractivity contribution in [3.8, 4) is 0 Å². The van der Waals surface area contributed by atoms with Crippen molar-refractivity contribution in [2.24, 2.45) is 0 Å². The second kappa shape index (κ2) is 7.73. The lowest BCUT2D eigenvalue weighted by atomic mass is 9.94. The molecule has 4 rings (SSSR count). The molecule has 1 N–H and O–H groups in total. The Kier molecular flexibility index (Phi) is 5.22. The molecule has 1 aliphatic carbocycles. The summed E-state index contributed by atoms with van der Waals surface area (Å²) in [6.07, 6.45) is 6.99. The number of aromatic amines is 1. The number of benzene rings is 1. The fourth-order valence-electron chi connectivity index (χ4n) is 4.64. The molecule has 162 valence electrons. The van der Waals surface area contributed by atoms with Crippen LogP contribution in [0.1, 0.15) is 24.8 Å². The Hall–Kier alpha value is -3.33. The van der Waals surface area contributed by atoms with Crippen LogP contribution >= 0.6 is 0 Å². The van der Waals surface area contributed by atoms with Crippen molar-refractivity contribution in [3.63, 3.8) is 0 Å². The summed E-state index contributed by atoms with van der Waals surface area (Å²) in [6, 6.07) is 4.04. The summed E-state index contributed by atoms with van der Waals surface area (Å²) in [6.45, 7) is 0. The number of carbonyl (C=O) groups is 2. The van der Waals surface area contributed by atoms with Gasteiger partial charge in [-0.15, -0.1) is 0 Å². The molecule has 0 radical (unpaired) electrons. The van der Waals surface area contributed by atoms with E-state index in [-0.39, 0.29) is 36.7 Å². The Bertz CT molecular complexity index is 1140. The molecule has 2 aromatic rings. The lowest BCUT2D eigenvalue weighted by Gasteiger charge is -2.37. The van der Waals surface area contributed by atoms with Gasteiger partial charge in [-0.3, -0.25) is 24.6 Å². The number of H-pyrrole nitrogens is 1. The van der Waals surface area contributed by atoms with E-state index in [1.54, 1.807) is 36.4 Å². The topological polar surface area (TPSA) is 99.5 Å². The Morgan fingerprint density at radius 1 is 1.39 bits per heavy atom. The number of nitro benzene ring substituents is 1. The van der Waals surface area contributed by atoms with E-state index in [0.29, 0.717) is 34.7 Å². The zero-order valence-corrected chi connectivity index (χ0v) is 17.3. The zero-order valence-electron chi connectivity index (χ0n) is 17.3. The molecule has 2 atom stereocenters. The van der Waals surface area contributed by atoms with Crippen LogP contribution in [0.4, 0.5) is 10.1 Å². The minimum atomic E-state index is -1.33. The monoisotopic (exact) mass is 426 g/mol. The molecule has 9 heteroatoms. The van der Waals surface area contributed by atoms with Crippen molar-refractivity contribution in [2.75, 3.05) is 14.1 Å². The fraction of sp³-hybridized carbons (Fsp3) is 0.364. The molecule has 0 spiro atoms. The van der Waals surface area contributed by atoms with E-state index < -0.39 is 16.6 Å². The average molecular weight is 426 g/mol. The van der Waals surface area contributed by atoms with E-state index in [0.717, 1.165) is 0 Å². The molecule has 2 unspecified atom stereocenters. The average Bonchev–Trinajstić information content (AvgIpc) is 3.24. The maximum absolute atomic E-state index is 14.4. The maximum atomic E-state index is 14.4. The Morgan fingerprint density at radius 3 is 2.84 bits per heavy atom. The first-order valence-corrected chi connectivity index (χ1v) is 10.0. The second-order valence-corrected chi connectivity index (χ2v) is 8.04.